The highest BCUT2D eigenvalue weighted by Gasteiger charge is 2.11. The minimum atomic E-state index is -0.442. The van der Waals surface area contributed by atoms with Crippen LogP contribution in [-0.2, 0) is 16.3 Å². The molecule has 0 fully saturated rings. The Morgan fingerprint density at radius 1 is 1.60 bits per heavy atom. The van der Waals surface area contributed by atoms with Crippen LogP contribution in [0.2, 0.25) is 0 Å². The molecule has 0 atom stereocenters. The van der Waals surface area contributed by atoms with Crippen molar-refractivity contribution in [1.29, 1.82) is 0 Å². The van der Waals surface area contributed by atoms with Gasteiger partial charge in [-0.1, -0.05) is 6.92 Å². The molecule has 2 heterocycles. The lowest BCUT2D eigenvalue weighted by Crippen LogP contribution is -2.18. The van der Waals surface area contributed by atoms with Crippen molar-refractivity contribution in [2.24, 2.45) is 0 Å². The zero-order valence-corrected chi connectivity index (χ0v) is 10.9. The molecule has 3 N–H and O–H groups in total. The number of carbonyl (C=O) groups is 1. The Hall–Kier alpha value is -2.26. The van der Waals surface area contributed by atoms with Crippen molar-refractivity contribution in [2.45, 2.75) is 20.1 Å². The van der Waals surface area contributed by atoms with Crippen LogP contribution in [0.5, 0.6) is 0 Å². The van der Waals surface area contributed by atoms with Gasteiger partial charge in [0.25, 0.3) is 5.56 Å². The first-order chi connectivity index (χ1) is 9.65. The molecule has 0 aliphatic heterocycles. The van der Waals surface area contributed by atoms with E-state index in [1.54, 1.807) is 6.92 Å². The topological polar surface area (TPSA) is 122 Å². The first-order valence-electron chi connectivity index (χ1n) is 6.09. The molecule has 0 bridgehead atoms. The average Bonchev–Trinajstić information content (AvgIpc) is 2.83. The number of aliphatic hydroxyl groups excluding tert-OH is 1. The molecule has 20 heavy (non-hydrogen) atoms. The van der Waals surface area contributed by atoms with Crippen LogP contribution in [0.15, 0.2) is 11.1 Å². The van der Waals surface area contributed by atoms with E-state index in [9.17, 15) is 9.59 Å². The third-order valence-corrected chi connectivity index (χ3v) is 2.52. The molecule has 9 nitrogen and oxygen atoms in total. The van der Waals surface area contributed by atoms with E-state index in [4.69, 9.17) is 9.84 Å². The largest absolute Gasteiger partial charge is 0.394 e. The van der Waals surface area contributed by atoms with Gasteiger partial charge in [-0.05, 0) is 0 Å². The van der Waals surface area contributed by atoms with Gasteiger partial charge in [-0.15, -0.1) is 0 Å². The highest BCUT2D eigenvalue weighted by atomic mass is 16.5. The van der Waals surface area contributed by atoms with E-state index in [-0.39, 0.29) is 43.7 Å². The fourth-order valence-corrected chi connectivity index (χ4v) is 1.56. The first kappa shape index (κ1) is 14.2. The zero-order chi connectivity index (χ0) is 14.5. The lowest BCUT2D eigenvalue weighted by atomic mass is 10.4. The van der Waals surface area contributed by atoms with Crippen molar-refractivity contribution >= 4 is 23.0 Å². The monoisotopic (exact) mass is 281 g/mol. The van der Waals surface area contributed by atoms with E-state index in [1.165, 1.54) is 10.9 Å². The molecular formula is C11H15N5O4. The molecule has 0 aromatic carbocycles. The van der Waals surface area contributed by atoms with Gasteiger partial charge in [0, 0.05) is 6.42 Å². The normalized spacial score (nSPS) is 10.9. The van der Waals surface area contributed by atoms with Crippen molar-refractivity contribution in [2.75, 3.05) is 18.5 Å². The van der Waals surface area contributed by atoms with Crippen molar-refractivity contribution < 1.29 is 14.6 Å². The van der Waals surface area contributed by atoms with Crippen LogP contribution in [0.25, 0.3) is 11.2 Å². The molecule has 108 valence electrons. The van der Waals surface area contributed by atoms with Gasteiger partial charge in [0.05, 0.1) is 19.5 Å². The maximum absolute atomic E-state index is 11.8. The van der Waals surface area contributed by atoms with Gasteiger partial charge in [-0.25, -0.2) is 4.98 Å². The number of anilines is 1. The molecule has 1 amide bonds. The van der Waals surface area contributed by atoms with Gasteiger partial charge in [0.1, 0.15) is 6.73 Å². The number of ether oxygens (including phenoxy) is 1. The van der Waals surface area contributed by atoms with Gasteiger partial charge < -0.3 is 9.84 Å². The van der Waals surface area contributed by atoms with Gasteiger partial charge >= 0.3 is 0 Å². The van der Waals surface area contributed by atoms with Crippen LogP contribution >= 0.6 is 0 Å². The second-order valence-corrected chi connectivity index (χ2v) is 3.96. The second-order valence-electron chi connectivity index (χ2n) is 3.96. The van der Waals surface area contributed by atoms with Crippen molar-refractivity contribution in [3.63, 3.8) is 0 Å². The summed E-state index contributed by atoms with van der Waals surface area (Å²) in [4.78, 5) is 33.6. The predicted octanol–water partition coefficient (Wildman–Crippen LogP) is -0.566. The van der Waals surface area contributed by atoms with Crippen LogP contribution < -0.4 is 10.9 Å². The molecule has 0 unspecified atom stereocenters. The van der Waals surface area contributed by atoms with Crippen molar-refractivity contribution in [3.8, 4) is 0 Å². The van der Waals surface area contributed by atoms with Gasteiger partial charge in [-0.2, -0.15) is 4.98 Å². The average molecular weight is 281 g/mol. The Morgan fingerprint density at radius 2 is 2.40 bits per heavy atom. The SMILES string of the molecule is CCC(=O)Nc1nc2c(ncn2COCCO)c(=O)[nH]1. The minimum Gasteiger partial charge on any atom is -0.394 e. The number of amides is 1. The molecule has 2 aromatic heterocycles. The fraction of sp³-hybridized carbons (Fsp3) is 0.455. The molecule has 0 aliphatic rings. The van der Waals surface area contributed by atoms with Gasteiger partial charge in [0.2, 0.25) is 11.9 Å². The number of H-pyrrole nitrogens is 1. The van der Waals surface area contributed by atoms with Crippen molar-refractivity contribution in [1.82, 2.24) is 19.5 Å². The van der Waals surface area contributed by atoms with Crippen LogP contribution in [-0.4, -0.2) is 43.7 Å². The number of hydrogen-bond donors (Lipinski definition) is 3. The van der Waals surface area contributed by atoms with Crippen LogP contribution in [0.1, 0.15) is 13.3 Å². The van der Waals surface area contributed by atoms with Crippen LogP contribution in [0, 0.1) is 0 Å². The maximum Gasteiger partial charge on any atom is 0.280 e. The third kappa shape index (κ3) is 3.00. The number of fused-ring (bicyclic) bond motifs is 1. The Morgan fingerprint density at radius 3 is 3.10 bits per heavy atom. The number of imidazole rings is 1. The summed E-state index contributed by atoms with van der Waals surface area (Å²) in [5.41, 5.74) is 0.0208. The lowest BCUT2D eigenvalue weighted by molar-refractivity contribution is -0.115. The van der Waals surface area contributed by atoms with Crippen LogP contribution in [0.4, 0.5) is 5.95 Å². The Bertz CT molecular complexity index is 662. The van der Waals surface area contributed by atoms with E-state index in [0.717, 1.165) is 0 Å². The van der Waals surface area contributed by atoms with Gasteiger partial charge in [0.15, 0.2) is 11.2 Å². The van der Waals surface area contributed by atoms with Crippen molar-refractivity contribution in [3.05, 3.63) is 16.7 Å². The summed E-state index contributed by atoms with van der Waals surface area (Å²) in [6.07, 6.45) is 1.69. The summed E-state index contributed by atoms with van der Waals surface area (Å²) in [6.45, 7) is 1.87. The number of hydrogen-bond acceptors (Lipinski definition) is 6. The molecule has 0 saturated heterocycles. The molecular weight excluding hydrogens is 266 g/mol. The number of nitrogens with one attached hydrogen (secondary N) is 2. The molecule has 0 spiro atoms. The van der Waals surface area contributed by atoms with E-state index in [1.807, 2.05) is 0 Å². The Balaban J connectivity index is 2.32. The van der Waals surface area contributed by atoms with E-state index < -0.39 is 5.56 Å². The minimum absolute atomic E-state index is 0.0678. The fourth-order valence-electron chi connectivity index (χ4n) is 1.56. The summed E-state index contributed by atoms with van der Waals surface area (Å²) in [7, 11) is 0. The molecule has 0 radical (unpaired) electrons. The standard InChI is InChI=1S/C11H15N5O4/c1-2-7(18)13-11-14-9-8(10(19)15-11)12-5-16(9)6-20-4-3-17/h5,17H,2-4,6H2,1H3,(H2,13,14,15,18,19). The third-order valence-electron chi connectivity index (χ3n) is 2.52. The Labute approximate surface area is 113 Å². The highest BCUT2D eigenvalue weighted by molar-refractivity contribution is 5.89. The summed E-state index contributed by atoms with van der Waals surface area (Å²) in [5, 5.41) is 11.1. The summed E-state index contributed by atoms with van der Waals surface area (Å²) in [6, 6.07) is 0. The smallest absolute Gasteiger partial charge is 0.280 e. The summed E-state index contributed by atoms with van der Waals surface area (Å²) in [5.74, 6) is -0.187. The van der Waals surface area contributed by atoms with Gasteiger partial charge in [-0.3, -0.25) is 24.5 Å². The summed E-state index contributed by atoms with van der Waals surface area (Å²) >= 11 is 0. The maximum atomic E-state index is 11.8. The Kier molecular flexibility index (Phi) is 4.43. The number of carbonyl (C=O) groups excluding carboxylic acids is 1. The van der Waals surface area contributed by atoms with Crippen LogP contribution in [0.3, 0.4) is 0 Å². The highest BCUT2D eigenvalue weighted by Crippen LogP contribution is 2.08. The molecule has 9 heteroatoms. The van der Waals surface area contributed by atoms with E-state index in [2.05, 4.69) is 20.3 Å². The van der Waals surface area contributed by atoms with E-state index in [0.29, 0.717) is 5.65 Å². The quantitative estimate of drug-likeness (QED) is 0.610. The van der Waals surface area contributed by atoms with E-state index >= 15 is 0 Å². The first-order valence-corrected chi connectivity index (χ1v) is 6.09. The molecule has 2 rings (SSSR count). The summed E-state index contributed by atoms with van der Waals surface area (Å²) < 4.78 is 6.67. The molecule has 0 saturated carbocycles. The number of aromatic amines is 1. The zero-order valence-electron chi connectivity index (χ0n) is 10.9. The molecule has 2 aromatic rings. The number of aromatic nitrogens is 4. The lowest BCUT2D eigenvalue weighted by Gasteiger charge is -2.05. The number of aliphatic hydroxyl groups is 1. The second kappa shape index (κ2) is 6.26. The molecule has 0 aliphatic carbocycles. The number of rotatable bonds is 6. The number of nitrogens with zero attached hydrogens (tertiary/aromatic N) is 3. The predicted molar refractivity (Wildman–Crippen MR) is 70.1 cm³/mol.